The van der Waals surface area contributed by atoms with E-state index in [0.717, 1.165) is 24.2 Å². The number of rotatable bonds is 3. The quantitative estimate of drug-likeness (QED) is 0.606. The van der Waals surface area contributed by atoms with Crippen molar-refractivity contribution in [3.63, 3.8) is 0 Å². The number of aliphatic carboxylic acids is 1. The fourth-order valence-electron chi connectivity index (χ4n) is 6.56. The Morgan fingerprint density at radius 3 is 2.78 bits per heavy atom. The molecule has 4 N–H and O–H groups in total. The smallest absolute Gasteiger partial charge is 0.339 e. The van der Waals surface area contributed by atoms with E-state index in [-0.39, 0.29) is 24.0 Å². The molecule has 0 amide bonds. The minimum Gasteiger partial charge on any atom is -0.504 e. The number of piperidine rings is 1. The molecular weight excluding hydrogens is 350 g/mol. The molecule has 3 fully saturated rings. The fourth-order valence-corrected chi connectivity index (χ4v) is 6.56. The molecule has 6 rings (SSSR count). The summed E-state index contributed by atoms with van der Waals surface area (Å²) in [6.07, 6.45) is 2.13. The van der Waals surface area contributed by atoms with Crippen LogP contribution in [-0.2, 0) is 16.6 Å². The van der Waals surface area contributed by atoms with Gasteiger partial charge in [0.05, 0.1) is 11.0 Å². The van der Waals surface area contributed by atoms with Crippen LogP contribution in [0.3, 0.4) is 0 Å². The zero-order chi connectivity index (χ0) is 18.8. The summed E-state index contributed by atoms with van der Waals surface area (Å²) in [6.45, 7) is 1.63. The second-order valence-electron chi connectivity index (χ2n) is 9.16. The van der Waals surface area contributed by atoms with Crippen molar-refractivity contribution in [3.8, 4) is 11.5 Å². The standard InChI is InChI=1S/C20H23NO6/c22-12-4-3-11-7-13-20(26)9-19(25,17(23)24)16-18(20,14(11)15(12)27-16)5-6-21(13)8-10-1-2-10/h3-4,10,13,16,22,25-26H,1-2,5-9H2,(H,23,24)/t13-,16-,18+,19?,20-/m1/s1. The largest absolute Gasteiger partial charge is 0.504 e. The minimum atomic E-state index is -2.18. The van der Waals surface area contributed by atoms with Crippen LogP contribution in [0.4, 0.5) is 0 Å². The molecule has 144 valence electrons. The number of phenolic OH excluding ortho intramolecular Hbond substituents is 1. The van der Waals surface area contributed by atoms with E-state index >= 15 is 0 Å². The van der Waals surface area contributed by atoms with Crippen LogP contribution in [0.25, 0.3) is 0 Å². The highest BCUT2D eigenvalue weighted by Crippen LogP contribution is 2.69. The average molecular weight is 373 g/mol. The summed E-state index contributed by atoms with van der Waals surface area (Å²) in [5.41, 5.74) is -2.88. The minimum absolute atomic E-state index is 0.0635. The van der Waals surface area contributed by atoms with E-state index in [2.05, 4.69) is 4.90 Å². The third-order valence-electron chi connectivity index (χ3n) is 7.86. The molecule has 7 nitrogen and oxygen atoms in total. The molecule has 5 atom stereocenters. The van der Waals surface area contributed by atoms with Crippen molar-refractivity contribution in [2.75, 3.05) is 13.1 Å². The van der Waals surface area contributed by atoms with Gasteiger partial charge in [-0.25, -0.2) is 4.79 Å². The lowest BCUT2D eigenvalue weighted by Gasteiger charge is -2.57. The van der Waals surface area contributed by atoms with Crippen molar-refractivity contribution >= 4 is 5.97 Å². The Bertz CT molecular complexity index is 883. The normalized spacial score (nSPS) is 44.1. The van der Waals surface area contributed by atoms with E-state index in [1.807, 2.05) is 6.07 Å². The third-order valence-corrected chi connectivity index (χ3v) is 7.86. The molecular formula is C20H23NO6. The van der Waals surface area contributed by atoms with Gasteiger partial charge in [0.25, 0.3) is 0 Å². The monoisotopic (exact) mass is 373 g/mol. The zero-order valence-corrected chi connectivity index (χ0v) is 14.9. The summed E-state index contributed by atoms with van der Waals surface area (Å²) in [5, 5.41) is 43.3. The highest BCUT2D eigenvalue weighted by molar-refractivity contribution is 5.82. The van der Waals surface area contributed by atoms with Crippen molar-refractivity contribution in [1.29, 1.82) is 0 Å². The van der Waals surface area contributed by atoms with Crippen molar-refractivity contribution in [1.82, 2.24) is 4.90 Å². The predicted octanol–water partition coefficient (Wildman–Crippen LogP) is 0.382. The first-order valence-corrected chi connectivity index (χ1v) is 9.75. The molecule has 27 heavy (non-hydrogen) atoms. The summed E-state index contributed by atoms with van der Waals surface area (Å²) in [4.78, 5) is 14.4. The van der Waals surface area contributed by atoms with Crippen molar-refractivity contribution in [2.45, 2.75) is 60.9 Å². The molecule has 0 aromatic heterocycles. The van der Waals surface area contributed by atoms with Crippen LogP contribution in [0.15, 0.2) is 12.1 Å². The number of nitrogens with zero attached hydrogens (tertiary/aromatic N) is 1. The Morgan fingerprint density at radius 2 is 2.07 bits per heavy atom. The molecule has 1 spiro atoms. The van der Waals surface area contributed by atoms with Gasteiger partial charge in [-0.05, 0) is 49.8 Å². The number of hydrogen-bond donors (Lipinski definition) is 4. The first kappa shape index (κ1) is 16.2. The van der Waals surface area contributed by atoms with Gasteiger partial charge >= 0.3 is 5.97 Å². The van der Waals surface area contributed by atoms with Crippen molar-refractivity contribution in [2.24, 2.45) is 5.92 Å². The van der Waals surface area contributed by atoms with Crippen LogP contribution >= 0.6 is 0 Å². The number of carboxylic acids is 1. The molecule has 1 saturated heterocycles. The summed E-state index contributed by atoms with van der Waals surface area (Å²) in [5.74, 6) is -0.552. The van der Waals surface area contributed by atoms with Gasteiger partial charge in [-0.3, -0.25) is 4.90 Å². The van der Waals surface area contributed by atoms with Crippen LogP contribution in [0.2, 0.25) is 0 Å². The maximum Gasteiger partial charge on any atom is 0.339 e. The maximum atomic E-state index is 12.1. The molecule has 1 aromatic carbocycles. The van der Waals surface area contributed by atoms with Crippen LogP contribution in [0.1, 0.15) is 36.8 Å². The van der Waals surface area contributed by atoms with Gasteiger partial charge in [-0.1, -0.05) is 6.07 Å². The summed E-state index contributed by atoms with van der Waals surface area (Å²) in [6, 6.07) is 3.17. The molecule has 3 aliphatic carbocycles. The lowest BCUT2D eigenvalue weighted by Crippen LogP contribution is -2.71. The first-order valence-electron chi connectivity index (χ1n) is 9.75. The van der Waals surface area contributed by atoms with Crippen molar-refractivity contribution in [3.05, 3.63) is 23.3 Å². The van der Waals surface area contributed by atoms with Gasteiger partial charge in [0, 0.05) is 24.6 Å². The van der Waals surface area contributed by atoms with Crippen LogP contribution < -0.4 is 4.74 Å². The molecule has 0 radical (unpaired) electrons. The van der Waals surface area contributed by atoms with Crippen molar-refractivity contribution < 1.29 is 30.0 Å². The predicted molar refractivity (Wildman–Crippen MR) is 92.8 cm³/mol. The maximum absolute atomic E-state index is 12.1. The Kier molecular flexibility index (Phi) is 2.75. The third kappa shape index (κ3) is 1.64. The number of likely N-dealkylation sites (tertiary alicyclic amines) is 1. The van der Waals surface area contributed by atoms with E-state index in [0.29, 0.717) is 18.8 Å². The molecule has 1 unspecified atom stereocenters. The second kappa shape index (κ2) is 4.59. The van der Waals surface area contributed by atoms with Gasteiger partial charge in [-0.2, -0.15) is 0 Å². The number of carbonyl (C=O) groups is 1. The zero-order valence-electron chi connectivity index (χ0n) is 14.9. The van der Waals surface area contributed by atoms with Gasteiger partial charge in [-0.15, -0.1) is 0 Å². The number of ether oxygens (including phenoxy) is 1. The number of carboxylic acid groups (broad SMARTS) is 1. The lowest BCUT2D eigenvalue weighted by atomic mass is 9.56. The van der Waals surface area contributed by atoms with Gasteiger partial charge in [0.2, 0.25) is 5.60 Å². The number of phenols is 1. The van der Waals surface area contributed by atoms with E-state index in [1.165, 1.54) is 12.8 Å². The Hall–Kier alpha value is -1.83. The van der Waals surface area contributed by atoms with E-state index in [4.69, 9.17) is 4.74 Å². The van der Waals surface area contributed by atoms with Gasteiger partial charge in [0.15, 0.2) is 17.6 Å². The molecule has 2 aliphatic heterocycles. The molecule has 2 saturated carbocycles. The highest BCUT2D eigenvalue weighted by atomic mass is 16.5. The average Bonchev–Trinajstić information content (AvgIpc) is 3.29. The Balaban J connectivity index is 1.60. The number of aliphatic hydroxyl groups is 2. The number of hydrogen-bond acceptors (Lipinski definition) is 6. The van der Waals surface area contributed by atoms with Gasteiger partial charge in [0.1, 0.15) is 0 Å². The fraction of sp³-hybridized carbons (Fsp3) is 0.650. The highest BCUT2D eigenvalue weighted by Gasteiger charge is 2.81. The van der Waals surface area contributed by atoms with Crippen LogP contribution in [0.5, 0.6) is 11.5 Å². The summed E-state index contributed by atoms with van der Waals surface area (Å²) < 4.78 is 5.94. The second-order valence-corrected chi connectivity index (χ2v) is 9.16. The Morgan fingerprint density at radius 1 is 1.30 bits per heavy atom. The molecule has 2 bridgehead atoms. The summed E-state index contributed by atoms with van der Waals surface area (Å²) in [7, 11) is 0. The first-order chi connectivity index (χ1) is 12.8. The van der Waals surface area contributed by atoms with E-state index in [1.54, 1.807) is 6.07 Å². The lowest BCUT2D eigenvalue weighted by molar-refractivity contribution is -0.167. The molecule has 5 aliphatic rings. The van der Waals surface area contributed by atoms with Crippen LogP contribution in [-0.4, -0.2) is 67.7 Å². The summed E-state index contributed by atoms with van der Waals surface area (Å²) >= 11 is 0. The van der Waals surface area contributed by atoms with E-state index in [9.17, 15) is 25.2 Å². The number of aromatic hydroxyl groups is 1. The van der Waals surface area contributed by atoms with Gasteiger partial charge < -0.3 is 25.2 Å². The molecule has 7 heteroatoms. The van der Waals surface area contributed by atoms with E-state index < -0.39 is 28.7 Å². The SMILES string of the molecule is O=C(O)C1(O)C[C@@]2(O)[C@H]3Cc4ccc(O)c5c4[C@@]2(CCN3CC2CC2)[C@H]1O5. The number of benzene rings is 1. The van der Waals surface area contributed by atoms with Crippen LogP contribution in [0, 0.1) is 5.92 Å². The molecule has 2 heterocycles. The molecule has 1 aromatic rings. The Labute approximate surface area is 156 Å². The topological polar surface area (TPSA) is 110 Å².